The third kappa shape index (κ3) is 7.67. The van der Waals surface area contributed by atoms with Crippen LogP contribution in [0.15, 0.2) is 0 Å². The van der Waals surface area contributed by atoms with E-state index in [1.54, 1.807) is 7.11 Å². The Bertz CT molecular complexity index is 323. The van der Waals surface area contributed by atoms with Gasteiger partial charge in [0.25, 0.3) is 0 Å². The summed E-state index contributed by atoms with van der Waals surface area (Å²) in [6.45, 7) is 6.75. The standard InChI is InChI=1S/C16H31NO4/c1-15(2,3)21-14(19)17-11-16(12-18,8-5-9-20-4)10-13-6-7-13/h13,18H,5-12H2,1-4H3,(H,17,19). The van der Waals surface area contributed by atoms with Crippen molar-refractivity contribution < 1.29 is 19.4 Å². The zero-order chi connectivity index (χ0) is 15.9. The van der Waals surface area contributed by atoms with Crippen LogP contribution in [0.25, 0.3) is 0 Å². The summed E-state index contributed by atoms with van der Waals surface area (Å²) >= 11 is 0. The first-order chi connectivity index (χ1) is 9.80. The molecular formula is C16H31NO4. The molecule has 2 N–H and O–H groups in total. The van der Waals surface area contributed by atoms with E-state index in [-0.39, 0.29) is 12.0 Å². The predicted molar refractivity (Wildman–Crippen MR) is 82.2 cm³/mol. The number of amides is 1. The van der Waals surface area contributed by atoms with Crippen LogP contribution in [0.4, 0.5) is 4.79 Å². The molecule has 0 radical (unpaired) electrons. The van der Waals surface area contributed by atoms with E-state index in [0.717, 1.165) is 19.3 Å². The summed E-state index contributed by atoms with van der Waals surface area (Å²) in [6, 6.07) is 0. The van der Waals surface area contributed by atoms with Crippen LogP contribution >= 0.6 is 0 Å². The van der Waals surface area contributed by atoms with Gasteiger partial charge in [-0.05, 0) is 46.0 Å². The van der Waals surface area contributed by atoms with Gasteiger partial charge < -0.3 is 19.9 Å². The van der Waals surface area contributed by atoms with Gasteiger partial charge in [0.15, 0.2) is 0 Å². The molecule has 0 heterocycles. The van der Waals surface area contributed by atoms with E-state index in [1.165, 1.54) is 12.8 Å². The van der Waals surface area contributed by atoms with Crippen molar-refractivity contribution in [1.29, 1.82) is 0 Å². The minimum atomic E-state index is -0.501. The fraction of sp³-hybridized carbons (Fsp3) is 0.938. The van der Waals surface area contributed by atoms with Crippen molar-refractivity contribution >= 4 is 6.09 Å². The highest BCUT2D eigenvalue weighted by Crippen LogP contribution is 2.42. The van der Waals surface area contributed by atoms with Crippen molar-refractivity contribution in [3.63, 3.8) is 0 Å². The van der Waals surface area contributed by atoms with E-state index in [9.17, 15) is 9.90 Å². The average molecular weight is 301 g/mol. The molecule has 21 heavy (non-hydrogen) atoms. The zero-order valence-electron chi connectivity index (χ0n) is 13.9. The largest absolute Gasteiger partial charge is 0.444 e. The van der Waals surface area contributed by atoms with Gasteiger partial charge in [0.2, 0.25) is 0 Å². The second-order valence-electron chi connectivity index (χ2n) is 7.26. The van der Waals surface area contributed by atoms with Crippen LogP contribution in [0.2, 0.25) is 0 Å². The second kappa shape index (κ2) is 7.99. The molecule has 0 saturated heterocycles. The number of aliphatic hydroxyl groups excluding tert-OH is 1. The summed E-state index contributed by atoms with van der Waals surface area (Å²) in [7, 11) is 1.68. The molecule has 1 aliphatic carbocycles. The van der Waals surface area contributed by atoms with Crippen LogP contribution in [0.1, 0.15) is 52.9 Å². The molecule has 1 unspecified atom stereocenters. The number of alkyl carbamates (subject to hydrolysis) is 1. The van der Waals surface area contributed by atoms with Crippen molar-refractivity contribution in [3.8, 4) is 0 Å². The number of rotatable bonds is 9. The SMILES string of the molecule is COCCCC(CO)(CNC(=O)OC(C)(C)C)CC1CC1. The molecule has 1 rings (SSSR count). The lowest BCUT2D eigenvalue weighted by atomic mass is 9.79. The first-order valence-corrected chi connectivity index (χ1v) is 7.87. The third-order valence-corrected chi connectivity index (χ3v) is 3.82. The van der Waals surface area contributed by atoms with E-state index >= 15 is 0 Å². The number of carbonyl (C=O) groups excluding carboxylic acids is 1. The Morgan fingerprint density at radius 1 is 1.33 bits per heavy atom. The lowest BCUT2D eigenvalue weighted by Crippen LogP contribution is -2.42. The summed E-state index contributed by atoms with van der Waals surface area (Å²) in [5.41, 5.74) is -0.755. The number of hydrogen-bond acceptors (Lipinski definition) is 4. The number of aliphatic hydroxyl groups is 1. The van der Waals surface area contributed by atoms with E-state index in [4.69, 9.17) is 9.47 Å². The average Bonchev–Trinajstić information content (AvgIpc) is 3.18. The number of ether oxygens (including phenoxy) is 2. The van der Waals surface area contributed by atoms with Gasteiger partial charge in [0.1, 0.15) is 5.60 Å². The van der Waals surface area contributed by atoms with Crippen molar-refractivity contribution in [2.45, 2.75) is 58.5 Å². The smallest absolute Gasteiger partial charge is 0.407 e. The summed E-state index contributed by atoms with van der Waals surface area (Å²) < 4.78 is 10.4. The minimum absolute atomic E-state index is 0.0863. The molecule has 1 amide bonds. The monoisotopic (exact) mass is 301 g/mol. The minimum Gasteiger partial charge on any atom is -0.444 e. The summed E-state index contributed by atoms with van der Waals surface area (Å²) in [5.74, 6) is 0.695. The molecule has 0 spiro atoms. The first-order valence-electron chi connectivity index (χ1n) is 7.87. The van der Waals surface area contributed by atoms with Crippen molar-refractivity contribution in [2.24, 2.45) is 11.3 Å². The lowest BCUT2D eigenvalue weighted by Gasteiger charge is -2.33. The van der Waals surface area contributed by atoms with Crippen molar-refractivity contribution in [3.05, 3.63) is 0 Å². The quantitative estimate of drug-likeness (QED) is 0.643. The molecule has 5 heteroatoms. The predicted octanol–water partition coefficient (Wildman–Crippen LogP) is 2.72. The molecule has 1 aliphatic rings. The highest BCUT2D eigenvalue weighted by molar-refractivity contribution is 5.67. The van der Waals surface area contributed by atoms with Gasteiger partial charge in [-0.3, -0.25) is 0 Å². The molecule has 1 saturated carbocycles. The van der Waals surface area contributed by atoms with Crippen LogP contribution < -0.4 is 5.32 Å². The number of nitrogens with one attached hydrogen (secondary N) is 1. The first kappa shape index (κ1) is 18.2. The molecule has 1 fully saturated rings. The molecule has 0 aromatic rings. The maximum Gasteiger partial charge on any atom is 0.407 e. The van der Waals surface area contributed by atoms with E-state index in [0.29, 0.717) is 19.1 Å². The Labute approximate surface area is 128 Å². The number of methoxy groups -OCH3 is 1. The molecule has 0 aromatic heterocycles. The van der Waals surface area contributed by atoms with E-state index in [2.05, 4.69) is 5.32 Å². The van der Waals surface area contributed by atoms with Gasteiger partial charge in [-0.2, -0.15) is 0 Å². The molecular weight excluding hydrogens is 270 g/mol. The van der Waals surface area contributed by atoms with E-state index in [1.807, 2.05) is 20.8 Å². The van der Waals surface area contributed by atoms with Crippen LogP contribution in [0, 0.1) is 11.3 Å². The fourth-order valence-electron chi connectivity index (χ4n) is 2.56. The third-order valence-electron chi connectivity index (χ3n) is 3.82. The summed E-state index contributed by atoms with van der Waals surface area (Å²) in [6.07, 6.45) is 4.76. The van der Waals surface area contributed by atoms with Gasteiger partial charge in [-0.25, -0.2) is 4.79 Å². The molecule has 0 aliphatic heterocycles. The Balaban J connectivity index is 2.51. The van der Waals surface area contributed by atoms with Gasteiger partial charge in [-0.15, -0.1) is 0 Å². The summed E-state index contributed by atoms with van der Waals surface area (Å²) in [4.78, 5) is 11.8. The highest BCUT2D eigenvalue weighted by atomic mass is 16.6. The summed E-state index contributed by atoms with van der Waals surface area (Å²) in [5, 5.41) is 12.7. The van der Waals surface area contributed by atoms with Gasteiger partial charge in [0.05, 0.1) is 6.61 Å². The van der Waals surface area contributed by atoms with Crippen LogP contribution in [-0.4, -0.2) is 43.7 Å². The molecule has 5 nitrogen and oxygen atoms in total. The van der Waals surface area contributed by atoms with Crippen molar-refractivity contribution in [1.82, 2.24) is 5.32 Å². The molecule has 124 valence electrons. The lowest BCUT2D eigenvalue weighted by molar-refractivity contribution is 0.0421. The van der Waals surface area contributed by atoms with Crippen molar-refractivity contribution in [2.75, 3.05) is 26.9 Å². The molecule has 0 bridgehead atoms. The van der Waals surface area contributed by atoms with E-state index < -0.39 is 11.7 Å². The fourth-order valence-corrected chi connectivity index (χ4v) is 2.56. The highest BCUT2D eigenvalue weighted by Gasteiger charge is 2.37. The Hall–Kier alpha value is -0.810. The number of hydrogen-bond donors (Lipinski definition) is 2. The maximum atomic E-state index is 11.8. The Kier molecular flexibility index (Phi) is 6.94. The molecule has 1 atom stereocenters. The van der Waals surface area contributed by atoms with Crippen LogP contribution in [0.3, 0.4) is 0 Å². The van der Waals surface area contributed by atoms with Crippen LogP contribution in [-0.2, 0) is 9.47 Å². The molecule has 0 aromatic carbocycles. The number of carbonyl (C=O) groups is 1. The second-order valence-corrected chi connectivity index (χ2v) is 7.26. The topological polar surface area (TPSA) is 67.8 Å². The Morgan fingerprint density at radius 3 is 2.48 bits per heavy atom. The van der Waals surface area contributed by atoms with Gasteiger partial charge in [-0.1, -0.05) is 12.8 Å². The van der Waals surface area contributed by atoms with Gasteiger partial charge in [0, 0.05) is 25.7 Å². The van der Waals surface area contributed by atoms with Crippen LogP contribution in [0.5, 0.6) is 0 Å². The van der Waals surface area contributed by atoms with Gasteiger partial charge >= 0.3 is 6.09 Å². The Morgan fingerprint density at radius 2 is 2.00 bits per heavy atom. The zero-order valence-corrected chi connectivity index (χ0v) is 13.9. The normalized spacial score (nSPS) is 18.1. The maximum absolute atomic E-state index is 11.8.